The van der Waals surface area contributed by atoms with Crippen molar-refractivity contribution >= 4 is 23.4 Å². The van der Waals surface area contributed by atoms with Gasteiger partial charge in [-0.3, -0.25) is 19.7 Å². The second-order valence-corrected chi connectivity index (χ2v) is 5.33. The second kappa shape index (κ2) is 5.12. The molecule has 2 aliphatic rings. The minimum atomic E-state index is -2.62. The quantitative estimate of drug-likeness (QED) is 0.802. The number of fused-ring (bicyclic) bond motifs is 1. The van der Waals surface area contributed by atoms with Gasteiger partial charge in [0.2, 0.25) is 11.8 Å². The van der Waals surface area contributed by atoms with Gasteiger partial charge in [0.05, 0.1) is 1.37 Å². The molecule has 3 amide bonds. The minimum Gasteiger partial charge on any atom is -0.388 e. The predicted molar refractivity (Wildman–Crippen MR) is 81.5 cm³/mol. The van der Waals surface area contributed by atoms with Crippen LogP contribution in [0, 0.1) is 13.8 Å². The number of nitrogens with zero attached hydrogens (tertiary/aromatic N) is 1. The summed E-state index contributed by atoms with van der Waals surface area (Å²) in [7, 11) is 1.50. The Kier molecular flexibility index (Phi) is 2.24. The zero-order chi connectivity index (χ0) is 20.5. The highest BCUT2D eigenvalue weighted by Gasteiger charge is 2.40. The van der Waals surface area contributed by atoms with Crippen LogP contribution in [0.3, 0.4) is 0 Å². The molecule has 22 heavy (non-hydrogen) atoms. The van der Waals surface area contributed by atoms with Gasteiger partial charge in [-0.15, -0.1) is 0 Å². The van der Waals surface area contributed by atoms with E-state index in [1.54, 1.807) is 19.9 Å². The van der Waals surface area contributed by atoms with Gasteiger partial charge in [-0.25, -0.2) is 0 Å². The van der Waals surface area contributed by atoms with Crippen molar-refractivity contribution in [2.75, 3.05) is 12.4 Å². The zero-order valence-electron chi connectivity index (χ0n) is 17.6. The third-order valence-corrected chi connectivity index (χ3v) is 4.12. The molecule has 1 aromatic carbocycles. The van der Waals surface area contributed by atoms with E-state index in [0.717, 1.165) is 21.3 Å². The second-order valence-electron chi connectivity index (χ2n) is 5.33. The Balaban J connectivity index is 2.12. The molecule has 1 fully saturated rings. The number of rotatable bonds is 2. The summed E-state index contributed by atoms with van der Waals surface area (Å²) in [5, 5.41) is 0.942. The van der Waals surface area contributed by atoms with Gasteiger partial charge in [0, 0.05) is 39.5 Å². The number of piperidine rings is 1. The van der Waals surface area contributed by atoms with Crippen LogP contribution in [0.2, 0.25) is 2.82 Å². The molecule has 3 rings (SSSR count). The number of hydrogen-bond donors (Lipinski definition) is 2. The molecular formula is C16H19N3O3. The summed E-state index contributed by atoms with van der Waals surface area (Å²) in [6.45, 7) is 3.40. The van der Waals surface area contributed by atoms with Crippen molar-refractivity contribution in [1.29, 1.82) is 0 Å². The molecule has 0 aliphatic carbocycles. The van der Waals surface area contributed by atoms with E-state index in [-0.39, 0.29) is 17.4 Å². The van der Waals surface area contributed by atoms with Crippen LogP contribution in [-0.2, 0) is 16.1 Å². The van der Waals surface area contributed by atoms with Crippen LogP contribution in [0.15, 0.2) is 6.07 Å². The molecule has 116 valence electrons. The number of benzene rings is 1. The Hall–Kier alpha value is -2.37. The number of imide groups is 1. The molecule has 1 atom stereocenters. The lowest BCUT2D eigenvalue weighted by atomic mass is 9.98. The summed E-state index contributed by atoms with van der Waals surface area (Å²) in [5.74, 6) is -3.27. The lowest BCUT2D eigenvalue weighted by molar-refractivity contribution is -0.136. The van der Waals surface area contributed by atoms with E-state index in [0.29, 0.717) is 11.3 Å². The minimum absolute atomic E-state index is 0.166. The smallest absolute Gasteiger partial charge is 0.255 e. The molecule has 6 nitrogen and oxygen atoms in total. The van der Waals surface area contributed by atoms with Crippen molar-refractivity contribution in [1.82, 2.24) is 10.2 Å². The predicted octanol–water partition coefficient (Wildman–Crippen LogP) is 1.11. The molecule has 2 aliphatic heterocycles. The van der Waals surface area contributed by atoms with Crippen LogP contribution >= 0.6 is 0 Å². The van der Waals surface area contributed by atoms with Crippen molar-refractivity contribution in [3.05, 3.63) is 28.3 Å². The van der Waals surface area contributed by atoms with Crippen molar-refractivity contribution in [3.63, 3.8) is 0 Å². The number of hydrogen-bond acceptors (Lipinski definition) is 4. The van der Waals surface area contributed by atoms with Gasteiger partial charge < -0.3 is 10.2 Å². The first-order valence-electron chi connectivity index (χ1n) is 9.28. The van der Waals surface area contributed by atoms with Gasteiger partial charge in [-0.1, -0.05) is 0 Å². The average molecular weight is 306 g/mol. The maximum Gasteiger partial charge on any atom is 0.255 e. The maximum absolute atomic E-state index is 13.0. The summed E-state index contributed by atoms with van der Waals surface area (Å²) in [4.78, 5) is 38.2. The molecule has 6 heteroatoms. The Labute approximate surface area is 136 Å². The van der Waals surface area contributed by atoms with E-state index >= 15 is 0 Å². The highest BCUT2D eigenvalue weighted by atomic mass is 16.2. The molecule has 0 bridgehead atoms. The highest BCUT2D eigenvalue weighted by molar-refractivity contribution is 6.06. The van der Waals surface area contributed by atoms with E-state index in [9.17, 15) is 14.4 Å². The molecule has 2 N–H and O–H groups in total. The van der Waals surface area contributed by atoms with E-state index in [1.165, 1.54) is 7.05 Å². The molecule has 0 radical (unpaired) electrons. The molecule has 1 unspecified atom stereocenters. The third kappa shape index (κ3) is 2.06. The van der Waals surface area contributed by atoms with E-state index < -0.39 is 36.5 Å². The molecular weight excluding hydrogens is 282 g/mol. The number of aryl methyl sites for hydroxylation is 1. The number of carbonyl (C=O) groups excluding carboxylic acids is 3. The van der Waals surface area contributed by atoms with Crippen molar-refractivity contribution in [3.8, 4) is 0 Å². The van der Waals surface area contributed by atoms with Crippen LogP contribution in [0.25, 0.3) is 0 Å². The Morgan fingerprint density at radius 3 is 2.91 bits per heavy atom. The Bertz CT molecular complexity index is 889. The fourth-order valence-corrected chi connectivity index (χ4v) is 2.84. The van der Waals surface area contributed by atoms with Crippen molar-refractivity contribution in [2.24, 2.45) is 0 Å². The van der Waals surface area contributed by atoms with Gasteiger partial charge in [-0.2, -0.15) is 0 Å². The van der Waals surface area contributed by atoms with Crippen molar-refractivity contribution in [2.45, 2.75) is 39.2 Å². The van der Waals surface area contributed by atoms with Crippen LogP contribution in [0.1, 0.15) is 44.0 Å². The largest absolute Gasteiger partial charge is 0.388 e. The number of anilines is 1. The van der Waals surface area contributed by atoms with Gasteiger partial charge >= 0.3 is 0 Å². The number of amides is 3. The number of nitrogens with one attached hydrogen (secondary N) is 2. The van der Waals surface area contributed by atoms with Crippen molar-refractivity contribution < 1.29 is 21.3 Å². The Morgan fingerprint density at radius 1 is 1.50 bits per heavy atom. The third-order valence-electron chi connectivity index (χ3n) is 4.12. The van der Waals surface area contributed by atoms with Gasteiger partial charge in [0.25, 0.3) is 5.91 Å². The van der Waals surface area contributed by atoms with E-state index in [4.69, 9.17) is 6.94 Å². The van der Waals surface area contributed by atoms with E-state index in [1.807, 2.05) is 0 Å². The van der Waals surface area contributed by atoms with Gasteiger partial charge in [0.1, 0.15) is 6.02 Å². The first-order chi connectivity index (χ1) is 12.3. The summed E-state index contributed by atoms with van der Waals surface area (Å²) in [6, 6.07) is -0.802. The molecule has 0 saturated carbocycles. The molecule has 1 saturated heterocycles. The van der Waals surface area contributed by atoms with Crippen LogP contribution in [-0.4, -0.2) is 35.7 Å². The first-order valence-corrected chi connectivity index (χ1v) is 6.88. The number of carbonyl (C=O) groups is 3. The summed E-state index contributed by atoms with van der Waals surface area (Å²) < 4.78 is 39.6. The van der Waals surface area contributed by atoms with Crippen LogP contribution in [0.5, 0.6) is 0 Å². The van der Waals surface area contributed by atoms with Gasteiger partial charge in [-0.05, 0) is 37.5 Å². The highest BCUT2D eigenvalue weighted by Crippen LogP contribution is 2.35. The summed E-state index contributed by atoms with van der Waals surface area (Å²) >= 11 is 0. The average Bonchev–Trinajstić information content (AvgIpc) is 2.88. The summed E-state index contributed by atoms with van der Waals surface area (Å²) in [6.07, 6.45) is -3.47. The topological polar surface area (TPSA) is 78.5 Å². The SMILES string of the molecule is [2H]N1C(=O)C([2H])([2H])CC([2H])(N2Cc3c(cc(C)c(C)c3N([2H])C)C2=O)C1=O. The standard InChI is InChI=1S/C16H19N3O3/c1-8-6-10-11(14(17-3)9(8)2)7-19(16(10)22)12-4-5-13(20)18-15(12)21/h6,12,17H,4-5,7H2,1-3H3,(H,18,20,21)/i5D2,12D/hD2. The monoisotopic (exact) mass is 306 g/mol. The molecule has 2 heterocycles. The zero-order valence-corrected chi connectivity index (χ0v) is 12.6. The fraction of sp³-hybridized carbons (Fsp3) is 0.438. The van der Waals surface area contributed by atoms with Gasteiger partial charge in [0.15, 0.2) is 2.82 Å². The normalized spacial score (nSPS) is 30.3. The summed E-state index contributed by atoms with van der Waals surface area (Å²) in [5.41, 5.74) is 2.73. The van der Waals surface area contributed by atoms with Crippen LogP contribution in [0.4, 0.5) is 5.69 Å². The molecule has 1 aromatic rings. The lowest BCUT2D eigenvalue weighted by Gasteiger charge is -2.29. The molecule has 0 spiro atoms. The fourth-order valence-electron chi connectivity index (χ4n) is 2.84. The van der Waals surface area contributed by atoms with E-state index in [2.05, 4.69) is 0 Å². The lowest BCUT2D eigenvalue weighted by Crippen LogP contribution is -2.52. The Morgan fingerprint density at radius 2 is 2.23 bits per heavy atom. The first kappa shape index (κ1) is 9.61. The molecule has 0 aromatic heterocycles. The van der Waals surface area contributed by atoms with Crippen LogP contribution < -0.4 is 10.6 Å². The maximum atomic E-state index is 13.0.